The van der Waals surface area contributed by atoms with Crippen LogP contribution in [0.1, 0.15) is 15.2 Å². The normalized spacial score (nSPS) is 15.9. The number of carbonyl (C=O) groups excluding carboxylic acids is 1. The smallest absolute Gasteiger partial charge is 0.250 e. The summed E-state index contributed by atoms with van der Waals surface area (Å²) < 4.78 is 0. The first-order valence-electron chi connectivity index (χ1n) is 7.05. The Morgan fingerprint density at radius 2 is 1.95 bits per heavy atom. The van der Waals surface area contributed by atoms with Crippen molar-refractivity contribution in [1.82, 2.24) is 14.9 Å². The molecule has 0 saturated carbocycles. The number of hydrogen-bond donors (Lipinski definition) is 2. The quantitative estimate of drug-likeness (QED) is 0.853. The summed E-state index contributed by atoms with van der Waals surface area (Å²) in [6, 6.07) is 3.57. The number of anilines is 2. The molecule has 1 aliphatic rings. The fraction of sp³-hybridized carbons (Fsp3) is 0.357. The molecule has 1 aliphatic heterocycles. The first-order chi connectivity index (χ1) is 10.6. The minimum Gasteiger partial charge on any atom is -0.375 e. The van der Waals surface area contributed by atoms with Crippen LogP contribution in [0.25, 0.3) is 0 Å². The van der Waals surface area contributed by atoms with E-state index in [0.29, 0.717) is 10.7 Å². The molecule has 0 spiro atoms. The van der Waals surface area contributed by atoms with Crippen LogP contribution in [0, 0.1) is 0 Å². The van der Waals surface area contributed by atoms with Crippen LogP contribution < -0.4 is 16.4 Å². The minimum atomic E-state index is -0.451. The zero-order valence-corrected chi connectivity index (χ0v) is 12.9. The molecule has 2 aromatic rings. The van der Waals surface area contributed by atoms with Crippen LogP contribution in [0.4, 0.5) is 10.9 Å². The number of nitrogen functional groups attached to an aromatic ring is 1. The van der Waals surface area contributed by atoms with Gasteiger partial charge in [0, 0.05) is 50.0 Å². The van der Waals surface area contributed by atoms with Gasteiger partial charge in [0.1, 0.15) is 5.82 Å². The molecule has 8 heteroatoms. The van der Waals surface area contributed by atoms with Gasteiger partial charge in [0.2, 0.25) is 5.91 Å². The highest BCUT2D eigenvalue weighted by Crippen LogP contribution is 2.19. The Balaban J connectivity index is 1.56. The third-order valence-electron chi connectivity index (χ3n) is 3.68. The van der Waals surface area contributed by atoms with Crippen molar-refractivity contribution in [1.29, 1.82) is 0 Å². The van der Waals surface area contributed by atoms with Crippen molar-refractivity contribution in [2.24, 2.45) is 5.73 Å². The summed E-state index contributed by atoms with van der Waals surface area (Å²) in [6.45, 7) is 4.60. The molecule has 116 valence electrons. The van der Waals surface area contributed by atoms with Gasteiger partial charge in [0.05, 0.1) is 5.56 Å². The van der Waals surface area contributed by atoms with E-state index < -0.39 is 5.91 Å². The van der Waals surface area contributed by atoms with Gasteiger partial charge >= 0.3 is 0 Å². The van der Waals surface area contributed by atoms with Crippen LogP contribution >= 0.6 is 11.3 Å². The number of nitrogens with zero attached hydrogens (tertiary/aromatic N) is 4. The van der Waals surface area contributed by atoms with Crippen molar-refractivity contribution in [2.45, 2.75) is 6.54 Å². The first kappa shape index (κ1) is 14.7. The minimum absolute atomic E-state index is 0.435. The molecule has 3 heterocycles. The molecule has 1 saturated heterocycles. The summed E-state index contributed by atoms with van der Waals surface area (Å²) in [5.41, 5.74) is 11.3. The average Bonchev–Trinajstić information content (AvgIpc) is 2.93. The second-order valence-corrected chi connectivity index (χ2v) is 6.34. The van der Waals surface area contributed by atoms with Gasteiger partial charge in [-0.1, -0.05) is 0 Å². The van der Waals surface area contributed by atoms with Gasteiger partial charge in [0.25, 0.3) is 0 Å². The number of primary amides is 1. The number of carbonyl (C=O) groups is 1. The molecule has 2 aromatic heterocycles. The number of thiazole rings is 1. The van der Waals surface area contributed by atoms with E-state index in [2.05, 4.69) is 19.8 Å². The zero-order chi connectivity index (χ0) is 15.5. The molecular formula is C14H18N6OS. The Morgan fingerprint density at radius 1 is 1.18 bits per heavy atom. The molecule has 0 aliphatic carbocycles. The van der Waals surface area contributed by atoms with Crippen LogP contribution in [0.5, 0.6) is 0 Å². The SMILES string of the molecule is NC(=O)c1ccc(N2CCN(Cc3cnc(N)s3)CC2)nc1. The van der Waals surface area contributed by atoms with Crippen LogP contribution in [-0.4, -0.2) is 47.0 Å². The van der Waals surface area contributed by atoms with E-state index in [0.717, 1.165) is 38.5 Å². The van der Waals surface area contributed by atoms with E-state index in [1.165, 1.54) is 22.4 Å². The Kier molecular flexibility index (Phi) is 4.21. The van der Waals surface area contributed by atoms with E-state index in [4.69, 9.17) is 11.5 Å². The highest BCUT2D eigenvalue weighted by molar-refractivity contribution is 7.15. The Hall–Kier alpha value is -2.19. The van der Waals surface area contributed by atoms with Crippen molar-refractivity contribution in [3.8, 4) is 0 Å². The molecule has 4 N–H and O–H groups in total. The maximum absolute atomic E-state index is 11.1. The fourth-order valence-corrected chi connectivity index (χ4v) is 3.20. The van der Waals surface area contributed by atoms with E-state index >= 15 is 0 Å². The van der Waals surface area contributed by atoms with Gasteiger partial charge in [-0.25, -0.2) is 9.97 Å². The van der Waals surface area contributed by atoms with Crippen molar-refractivity contribution in [2.75, 3.05) is 36.8 Å². The van der Waals surface area contributed by atoms with Crippen molar-refractivity contribution >= 4 is 28.2 Å². The summed E-state index contributed by atoms with van der Waals surface area (Å²) in [5.74, 6) is 0.430. The molecule has 0 atom stereocenters. The molecule has 22 heavy (non-hydrogen) atoms. The first-order valence-corrected chi connectivity index (χ1v) is 7.87. The predicted octanol–water partition coefficient (Wildman–Crippen LogP) is 0.541. The summed E-state index contributed by atoms with van der Waals surface area (Å²) >= 11 is 1.54. The predicted molar refractivity (Wildman–Crippen MR) is 86.8 cm³/mol. The number of piperazine rings is 1. The van der Waals surface area contributed by atoms with Gasteiger partial charge < -0.3 is 16.4 Å². The summed E-state index contributed by atoms with van der Waals surface area (Å²) in [6.07, 6.45) is 3.38. The lowest BCUT2D eigenvalue weighted by atomic mass is 10.2. The average molecular weight is 318 g/mol. The molecule has 1 fully saturated rings. The van der Waals surface area contributed by atoms with Crippen LogP contribution in [0.3, 0.4) is 0 Å². The number of amides is 1. The third-order valence-corrected chi connectivity index (χ3v) is 4.49. The van der Waals surface area contributed by atoms with Crippen molar-refractivity contribution in [3.05, 3.63) is 35.0 Å². The summed E-state index contributed by atoms with van der Waals surface area (Å²) in [7, 11) is 0. The molecule has 0 aromatic carbocycles. The maximum atomic E-state index is 11.1. The third kappa shape index (κ3) is 3.34. The van der Waals surface area contributed by atoms with Gasteiger partial charge in [-0.2, -0.15) is 0 Å². The van der Waals surface area contributed by atoms with E-state index in [1.807, 2.05) is 12.3 Å². The zero-order valence-electron chi connectivity index (χ0n) is 12.1. The molecule has 0 unspecified atom stereocenters. The van der Waals surface area contributed by atoms with Gasteiger partial charge in [-0.15, -0.1) is 11.3 Å². The van der Waals surface area contributed by atoms with Gasteiger partial charge in [-0.3, -0.25) is 9.69 Å². The number of hydrogen-bond acceptors (Lipinski definition) is 7. The monoisotopic (exact) mass is 318 g/mol. The van der Waals surface area contributed by atoms with Crippen LogP contribution in [-0.2, 0) is 6.54 Å². The highest BCUT2D eigenvalue weighted by Gasteiger charge is 2.19. The standard InChI is InChI=1S/C14H18N6OS/c15-13(21)10-1-2-12(17-7-10)20-5-3-19(4-6-20)9-11-8-18-14(16)22-11/h1-2,7-8H,3-6,9H2,(H2,15,21)(H2,16,18). The fourth-order valence-electron chi connectivity index (χ4n) is 2.47. The number of aromatic nitrogens is 2. The van der Waals surface area contributed by atoms with E-state index in [-0.39, 0.29) is 0 Å². The topological polar surface area (TPSA) is 101 Å². The Labute approximate surface area is 132 Å². The lowest BCUT2D eigenvalue weighted by Crippen LogP contribution is -2.46. The van der Waals surface area contributed by atoms with Gasteiger partial charge in [0.15, 0.2) is 5.13 Å². The largest absolute Gasteiger partial charge is 0.375 e. The lowest BCUT2D eigenvalue weighted by Gasteiger charge is -2.35. The van der Waals surface area contributed by atoms with Crippen LogP contribution in [0.2, 0.25) is 0 Å². The van der Waals surface area contributed by atoms with Crippen molar-refractivity contribution in [3.63, 3.8) is 0 Å². The number of pyridine rings is 1. The molecule has 0 radical (unpaired) electrons. The van der Waals surface area contributed by atoms with Crippen LogP contribution in [0.15, 0.2) is 24.5 Å². The number of nitrogens with two attached hydrogens (primary N) is 2. The maximum Gasteiger partial charge on any atom is 0.250 e. The Morgan fingerprint density at radius 3 is 2.50 bits per heavy atom. The molecule has 3 rings (SSSR count). The van der Waals surface area contributed by atoms with Gasteiger partial charge in [-0.05, 0) is 12.1 Å². The second kappa shape index (κ2) is 6.29. The summed E-state index contributed by atoms with van der Waals surface area (Å²) in [5, 5.41) is 0.618. The molecular weight excluding hydrogens is 300 g/mol. The van der Waals surface area contributed by atoms with Crippen molar-refractivity contribution < 1.29 is 4.79 Å². The Bertz CT molecular complexity index is 648. The van der Waals surface area contributed by atoms with E-state index in [1.54, 1.807) is 6.07 Å². The second-order valence-electron chi connectivity index (χ2n) is 5.20. The number of rotatable bonds is 4. The molecule has 0 bridgehead atoms. The van der Waals surface area contributed by atoms with E-state index in [9.17, 15) is 4.79 Å². The molecule has 1 amide bonds. The lowest BCUT2D eigenvalue weighted by molar-refractivity contribution is 0.1000. The summed E-state index contributed by atoms with van der Waals surface area (Å²) in [4.78, 5) is 25.2. The highest BCUT2D eigenvalue weighted by atomic mass is 32.1. The molecule has 7 nitrogen and oxygen atoms in total.